The van der Waals surface area contributed by atoms with Crippen LogP contribution >= 0.6 is 11.6 Å². The molecule has 0 unspecified atom stereocenters. The summed E-state index contributed by atoms with van der Waals surface area (Å²) in [5, 5.41) is 8.48. The summed E-state index contributed by atoms with van der Waals surface area (Å²) in [6, 6.07) is 14.8. The molecule has 188 valence electrons. The van der Waals surface area contributed by atoms with E-state index in [0.717, 1.165) is 19.6 Å². The molecular weight excluding hydrogens is 482 g/mol. The fourth-order valence-electron chi connectivity index (χ4n) is 3.75. The summed E-state index contributed by atoms with van der Waals surface area (Å²) in [4.78, 5) is 30.5. The number of nitrogens with zero attached hydrogens (tertiary/aromatic N) is 2. The molecule has 0 bridgehead atoms. The predicted octanol–water partition coefficient (Wildman–Crippen LogP) is 5.01. The Bertz CT molecular complexity index is 1200. The van der Waals surface area contributed by atoms with E-state index in [2.05, 4.69) is 25.8 Å². The molecule has 4 rings (SSSR count). The first-order valence-electron chi connectivity index (χ1n) is 11.7. The maximum Gasteiger partial charge on any atom is 0.323 e. The lowest BCUT2D eigenvalue weighted by Gasteiger charge is -2.16. The molecule has 1 aliphatic rings. The second kappa shape index (κ2) is 12.2. The third kappa shape index (κ3) is 7.10. The summed E-state index contributed by atoms with van der Waals surface area (Å²) in [6.45, 7) is 3.69. The predicted molar refractivity (Wildman–Crippen MR) is 139 cm³/mol. The molecule has 3 aromatic rings. The first-order chi connectivity index (χ1) is 17.5. The summed E-state index contributed by atoms with van der Waals surface area (Å²) in [7, 11) is 1.54. The lowest BCUT2D eigenvalue weighted by Crippen LogP contribution is -2.25. The van der Waals surface area contributed by atoms with E-state index in [1.807, 2.05) is 0 Å². The minimum Gasteiger partial charge on any atom is -0.491 e. The van der Waals surface area contributed by atoms with Gasteiger partial charge >= 0.3 is 6.03 Å². The highest BCUT2D eigenvalue weighted by molar-refractivity contribution is 6.32. The third-order valence-corrected chi connectivity index (χ3v) is 5.89. The van der Waals surface area contributed by atoms with Crippen molar-refractivity contribution in [3.8, 4) is 17.2 Å². The van der Waals surface area contributed by atoms with Gasteiger partial charge in [0.05, 0.1) is 5.02 Å². The first-order valence-corrected chi connectivity index (χ1v) is 12.1. The van der Waals surface area contributed by atoms with Crippen LogP contribution in [0, 0.1) is 0 Å². The highest BCUT2D eigenvalue weighted by atomic mass is 35.5. The zero-order valence-electron chi connectivity index (χ0n) is 19.9. The number of nitrogens with one attached hydrogen (secondary N) is 3. The van der Waals surface area contributed by atoms with Crippen LogP contribution in [0.4, 0.5) is 16.2 Å². The topological polar surface area (TPSA) is 105 Å². The molecule has 36 heavy (non-hydrogen) atoms. The van der Waals surface area contributed by atoms with E-state index in [1.54, 1.807) is 54.6 Å². The number of likely N-dealkylation sites (tertiary alicyclic amines) is 1. The van der Waals surface area contributed by atoms with Crippen molar-refractivity contribution in [2.45, 2.75) is 12.8 Å². The number of urea groups is 1. The van der Waals surface area contributed by atoms with Gasteiger partial charge in [-0.15, -0.1) is 0 Å². The number of rotatable bonds is 9. The summed E-state index contributed by atoms with van der Waals surface area (Å²) in [6.07, 6.45) is 3.99. The van der Waals surface area contributed by atoms with Gasteiger partial charge in [-0.25, -0.2) is 4.79 Å². The number of amides is 3. The van der Waals surface area contributed by atoms with Gasteiger partial charge in [-0.3, -0.25) is 14.7 Å². The minimum absolute atomic E-state index is 0.256. The average molecular weight is 510 g/mol. The lowest BCUT2D eigenvalue weighted by molar-refractivity contribution is 0.0958. The molecule has 1 aliphatic heterocycles. The zero-order chi connectivity index (χ0) is 25.3. The Morgan fingerprint density at radius 1 is 0.972 bits per heavy atom. The second-order valence-electron chi connectivity index (χ2n) is 8.20. The summed E-state index contributed by atoms with van der Waals surface area (Å²) in [5.41, 5.74) is 1.38. The van der Waals surface area contributed by atoms with Crippen molar-refractivity contribution in [3.05, 3.63) is 71.5 Å². The molecule has 1 saturated heterocycles. The van der Waals surface area contributed by atoms with Crippen LogP contribution in [-0.2, 0) is 0 Å². The van der Waals surface area contributed by atoms with E-state index in [9.17, 15) is 9.59 Å². The maximum atomic E-state index is 12.4. The average Bonchev–Trinajstić information content (AvgIpc) is 3.40. The number of benzene rings is 2. The van der Waals surface area contributed by atoms with Gasteiger partial charge in [-0.05, 0) is 74.5 Å². The normalized spacial score (nSPS) is 13.2. The van der Waals surface area contributed by atoms with E-state index >= 15 is 0 Å². The number of hydrogen-bond acceptors (Lipinski definition) is 6. The van der Waals surface area contributed by atoms with Crippen LogP contribution in [0.1, 0.15) is 23.3 Å². The van der Waals surface area contributed by atoms with Crippen LogP contribution < -0.4 is 25.4 Å². The van der Waals surface area contributed by atoms with Gasteiger partial charge in [-0.2, -0.15) is 0 Å². The highest BCUT2D eigenvalue weighted by Crippen LogP contribution is 2.28. The van der Waals surface area contributed by atoms with Crippen LogP contribution in [0.2, 0.25) is 5.02 Å². The summed E-state index contributed by atoms with van der Waals surface area (Å²) >= 11 is 6.34. The first kappa shape index (κ1) is 25.3. The number of aromatic nitrogens is 1. The molecule has 3 amide bonds. The summed E-state index contributed by atoms with van der Waals surface area (Å²) < 4.78 is 11.6. The van der Waals surface area contributed by atoms with Crippen LogP contribution in [-0.4, -0.2) is 55.1 Å². The van der Waals surface area contributed by atoms with Gasteiger partial charge in [0.15, 0.2) is 0 Å². The molecular formula is C26H28ClN5O4. The van der Waals surface area contributed by atoms with Gasteiger partial charge in [-0.1, -0.05) is 11.6 Å². The standard InChI is InChI=1S/C26H28ClN5O4/c1-28-25(33)23-17-21(10-11-29-23)36-20-7-4-18(5-8-20)30-26(34)31-19-6-9-24(22(27)16-19)35-15-14-32-12-2-3-13-32/h4-11,16-17H,2-3,12-15H2,1H3,(H,28,33)(H2,30,31,34). The molecule has 9 nitrogen and oxygen atoms in total. The van der Waals surface area contributed by atoms with Crippen LogP contribution in [0.5, 0.6) is 17.2 Å². The Hall–Kier alpha value is -3.82. The monoisotopic (exact) mass is 509 g/mol. The molecule has 2 aromatic carbocycles. The number of ether oxygens (including phenoxy) is 2. The van der Waals surface area contributed by atoms with Crippen molar-refractivity contribution >= 4 is 34.9 Å². The Morgan fingerprint density at radius 3 is 2.42 bits per heavy atom. The molecule has 0 atom stereocenters. The van der Waals surface area contributed by atoms with Gasteiger partial charge in [0.25, 0.3) is 5.91 Å². The molecule has 0 aliphatic carbocycles. The maximum absolute atomic E-state index is 12.4. The van der Waals surface area contributed by atoms with Crippen molar-refractivity contribution < 1.29 is 19.1 Å². The van der Waals surface area contributed by atoms with Crippen LogP contribution in [0.15, 0.2) is 60.8 Å². The van der Waals surface area contributed by atoms with E-state index in [4.69, 9.17) is 21.1 Å². The van der Waals surface area contributed by atoms with E-state index in [0.29, 0.717) is 40.3 Å². The van der Waals surface area contributed by atoms with Gasteiger partial charge in [0.1, 0.15) is 29.5 Å². The molecule has 0 spiro atoms. The smallest absolute Gasteiger partial charge is 0.323 e. The molecule has 0 saturated carbocycles. The van der Waals surface area contributed by atoms with E-state index in [1.165, 1.54) is 26.1 Å². The van der Waals surface area contributed by atoms with Gasteiger partial charge < -0.3 is 25.4 Å². The number of anilines is 2. The summed E-state index contributed by atoms with van der Waals surface area (Å²) in [5.74, 6) is 1.31. The SMILES string of the molecule is CNC(=O)c1cc(Oc2ccc(NC(=O)Nc3ccc(OCCN4CCCC4)c(Cl)c3)cc2)ccn1. The Balaban J connectivity index is 1.26. The van der Waals surface area contributed by atoms with Crippen molar-refractivity contribution in [1.29, 1.82) is 0 Å². The molecule has 1 fully saturated rings. The number of halogens is 1. The fourth-order valence-corrected chi connectivity index (χ4v) is 3.98. The number of pyridine rings is 1. The lowest BCUT2D eigenvalue weighted by atomic mass is 10.3. The number of hydrogen-bond donors (Lipinski definition) is 3. The molecule has 0 radical (unpaired) electrons. The van der Waals surface area contributed by atoms with E-state index < -0.39 is 6.03 Å². The highest BCUT2D eigenvalue weighted by Gasteiger charge is 2.12. The second-order valence-corrected chi connectivity index (χ2v) is 8.61. The third-order valence-electron chi connectivity index (χ3n) is 5.59. The Labute approximate surface area is 214 Å². The number of carbonyl (C=O) groups is 2. The van der Waals surface area contributed by atoms with Crippen molar-refractivity contribution in [2.75, 3.05) is 43.9 Å². The quantitative estimate of drug-likeness (QED) is 0.374. The molecule has 1 aromatic heterocycles. The Morgan fingerprint density at radius 2 is 1.69 bits per heavy atom. The molecule has 10 heteroatoms. The van der Waals surface area contributed by atoms with Crippen molar-refractivity contribution in [2.24, 2.45) is 0 Å². The zero-order valence-corrected chi connectivity index (χ0v) is 20.7. The van der Waals surface area contributed by atoms with E-state index in [-0.39, 0.29) is 11.6 Å². The van der Waals surface area contributed by atoms with Crippen LogP contribution in [0.25, 0.3) is 0 Å². The van der Waals surface area contributed by atoms with Crippen LogP contribution in [0.3, 0.4) is 0 Å². The minimum atomic E-state index is -0.410. The van der Waals surface area contributed by atoms with Gasteiger partial charge in [0.2, 0.25) is 0 Å². The van der Waals surface area contributed by atoms with Crippen molar-refractivity contribution in [1.82, 2.24) is 15.2 Å². The molecule has 3 N–H and O–H groups in total. The van der Waals surface area contributed by atoms with Gasteiger partial charge in [0, 0.05) is 37.2 Å². The largest absolute Gasteiger partial charge is 0.491 e. The Kier molecular flexibility index (Phi) is 8.59. The fraction of sp³-hybridized carbons (Fsp3) is 0.269. The molecule has 2 heterocycles. The number of carbonyl (C=O) groups excluding carboxylic acids is 2. The van der Waals surface area contributed by atoms with Crippen molar-refractivity contribution in [3.63, 3.8) is 0 Å².